The molecule has 0 aliphatic rings. The summed E-state index contributed by atoms with van der Waals surface area (Å²) in [4.78, 5) is 0. The Morgan fingerprint density at radius 2 is 1.86 bits per heavy atom. The van der Waals surface area contributed by atoms with Crippen LogP contribution < -0.4 is 4.74 Å². The predicted octanol–water partition coefficient (Wildman–Crippen LogP) is 5.24. The summed E-state index contributed by atoms with van der Waals surface area (Å²) in [5, 5.41) is 8.95. The number of hydrogen-bond donors (Lipinski definition) is 0. The molecule has 0 N–H and O–H groups in total. The Morgan fingerprint density at radius 3 is 2.36 bits per heavy atom. The molecule has 1 aromatic carbocycles. The average Bonchev–Trinajstić information content (AvgIpc) is 2.45. The molecule has 0 saturated carbocycles. The van der Waals surface area contributed by atoms with Gasteiger partial charge in [-0.2, -0.15) is 5.26 Å². The van der Waals surface area contributed by atoms with Crippen molar-refractivity contribution in [1.29, 1.82) is 5.26 Å². The third-order valence-electron chi connectivity index (χ3n) is 3.92. The lowest BCUT2D eigenvalue weighted by molar-refractivity contribution is 0.322. The lowest BCUT2D eigenvalue weighted by Gasteiger charge is -2.36. The Bertz CT molecular complexity index is 554. The van der Waals surface area contributed by atoms with Gasteiger partial charge in [-0.05, 0) is 48.5 Å². The summed E-state index contributed by atoms with van der Waals surface area (Å²) in [5.41, 5.74) is 0.631. The molecule has 0 aliphatic carbocycles. The van der Waals surface area contributed by atoms with E-state index in [4.69, 9.17) is 14.4 Å². The molecule has 0 bridgehead atoms. The van der Waals surface area contributed by atoms with Gasteiger partial charge in [-0.15, -0.1) is 0 Å². The minimum absolute atomic E-state index is 0.208. The van der Waals surface area contributed by atoms with Crippen molar-refractivity contribution in [2.24, 2.45) is 0 Å². The molecule has 1 aromatic rings. The van der Waals surface area contributed by atoms with Gasteiger partial charge in [0, 0.05) is 4.48 Å². The van der Waals surface area contributed by atoms with Crippen LogP contribution in [-0.2, 0) is 4.43 Å². The second kappa shape index (κ2) is 7.96. The van der Waals surface area contributed by atoms with Crippen molar-refractivity contribution in [1.82, 2.24) is 0 Å². The van der Waals surface area contributed by atoms with E-state index < -0.39 is 8.32 Å². The summed E-state index contributed by atoms with van der Waals surface area (Å²) in [6.45, 7) is 12.2. The van der Waals surface area contributed by atoms with Crippen LogP contribution in [0.25, 0.3) is 0 Å². The van der Waals surface area contributed by atoms with Crippen molar-refractivity contribution in [3.63, 3.8) is 0 Å². The van der Waals surface area contributed by atoms with Crippen LogP contribution in [0.2, 0.25) is 18.1 Å². The number of benzene rings is 1. The van der Waals surface area contributed by atoms with Crippen LogP contribution in [-0.4, -0.2) is 21.5 Å². The summed E-state index contributed by atoms with van der Waals surface area (Å²) in [5.74, 6) is 0.751. The lowest BCUT2D eigenvalue weighted by Crippen LogP contribution is -2.41. The summed E-state index contributed by atoms with van der Waals surface area (Å²) in [6.07, 6.45) is 1.96. The molecule has 0 radical (unpaired) electrons. The van der Waals surface area contributed by atoms with Crippen molar-refractivity contribution in [2.45, 2.75) is 38.9 Å². The Kier molecular flexibility index (Phi) is 6.85. The fourth-order valence-electron chi connectivity index (χ4n) is 1.38. The van der Waals surface area contributed by atoms with Gasteiger partial charge in [-0.25, -0.2) is 0 Å². The predicted molar refractivity (Wildman–Crippen MR) is 96.8 cm³/mol. The molecule has 0 aliphatic heterocycles. The third kappa shape index (κ3) is 5.96. The topological polar surface area (TPSA) is 42.2 Å². The largest absolute Gasteiger partial charge is 0.490 e. The van der Waals surface area contributed by atoms with Gasteiger partial charge in [-0.3, -0.25) is 0 Å². The summed E-state index contributed by atoms with van der Waals surface area (Å²) >= 11 is 3.53. The fraction of sp³-hybridized carbons (Fsp3) is 0.471. The van der Waals surface area contributed by atoms with Crippen molar-refractivity contribution in [3.8, 4) is 11.8 Å². The highest BCUT2D eigenvalue weighted by Crippen LogP contribution is 2.36. The number of nitriles is 1. The van der Waals surface area contributed by atoms with Crippen LogP contribution in [0.5, 0.6) is 5.75 Å². The Hall–Kier alpha value is -1.09. The van der Waals surface area contributed by atoms with Crippen LogP contribution in [0.15, 0.2) is 34.8 Å². The molecule has 0 atom stereocenters. The zero-order chi connectivity index (χ0) is 16.8. The first kappa shape index (κ1) is 19.0. The first-order valence-electron chi connectivity index (χ1n) is 7.27. The SMILES string of the molecule is CC(C)(C)[Si](C)(C)OC/C(Br)=C\COc1ccc(C#N)cc1. The first-order chi connectivity index (χ1) is 10.2. The molecule has 1 rings (SSSR count). The molecular formula is C17H24BrNO2Si. The maximum absolute atomic E-state index is 8.74. The van der Waals surface area contributed by atoms with Gasteiger partial charge in [-0.1, -0.05) is 36.7 Å². The van der Waals surface area contributed by atoms with Gasteiger partial charge in [0.25, 0.3) is 0 Å². The van der Waals surface area contributed by atoms with Gasteiger partial charge in [0.05, 0.1) is 18.2 Å². The van der Waals surface area contributed by atoms with Crippen LogP contribution in [0, 0.1) is 11.3 Å². The smallest absolute Gasteiger partial charge is 0.192 e. The highest BCUT2D eigenvalue weighted by molar-refractivity contribution is 9.11. The van der Waals surface area contributed by atoms with Gasteiger partial charge >= 0.3 is 0 Å². The maximum atomic E-state index is 8.74. The zero-order valence-electron chi connectivity index (χ0n) is 13.9. The second-order valence-corrected chi connectivity index (χ2v) is 12.5. The molecular weight excluding hydrogens is 358 g/mol. The van der Waals surface area contributed by atoms with E-state index in [0.29, 0.717) is 18.8 Å². The normalized spacial score (nSPS) is 12.9. The van der Waals surface area contributed by atoms with E-state index in [1.165, 1.54) is 0 Å². The summed E-state index contributed by atoms with van der Waals surface area (Å²) < 4.78 is 12.7. The van der Waals surface area contributed by atoms with E-state index in [1.54, 1.807) is 24.3 Å². The molecule has 22 heavy (non-hydrogen) atoms. The number of ether oxygens (including phenoxy) is 1. The minimum Gasteiger partial charge on any atom is -0.490 e. The summed E-state index contributed by atoms with van der Waals surface area (Å²) in [6, 6.07) is 9.17. The third-order valence-corrected chi connectivity index (χ3v) is 8.95. The molecule has 0 amide bonds. The number of halogens is 1. The standard InChI is InChI=1S/C17H24BrNO2Si/c1-17(2,3)22(4,5)21-13-15(18)10-11-20-16-8-6-14(12-19)7-9-16/h6-10H,11,13H2,1-5H3/b15-10+. The van der Waals surface area contributed by atoms with Crippen molar-refractivity contribution in [3.05, 3.63) is 40.4 Å². The second-order valence-electron chi connectivity index (χ2n) is 6.65. The molecule has 3 nitrogen and oxygen atoms in total. The minimum atomic E-state index is -1.72. The maximum Gasteiger partial charge on any atom is 0.192 e. The Morgan fingerprint density at radius 1 is 1.27 bits per heavy atom. The molecule has 0 unspecified atom stereocenters. The van der Waals surface area contributed by atoms with Crippen molar-refractivity contribution < 1.29 is 9.16 Å². The molecule has 0 heterocycles. The van der Waals surface area contributed by atoms with E-state index in [-0.39, 0.29) is 5.04 Å². The number of rotatable bonds is 6. The molecule has 120 valence electrons. The molecule has 5 heteroatoms. The number of nitrogens with zero attached hydrogens (tertiary/aromatic N) is 1. The monoisotopic (exact) mass is 381 g/mol. The van der Waals surface area contributed by atoms with Crippen LogP contribution >= 0.6 is 15.9 Å². The van der Waals surface area contributed by atoms with Crippen molar-refractivity contribution >= 4 is 24.2 Å². The van der Waals surface area contributed by atoms with Gasteiger partial charge < -0.3 is 9.16 Å². The fourth-order valence-corrected chi connectivity index (χ4v) is 2.79. The molecule has 0 saturated heterocycles. The van der Waals surface area contributed by atoms with Gasteiger partial charge in [0.2, 0.25) is 0 Å². The van der Waals surface area contributed by atoms with E-state index >= 15 is 0 Å². The highest BCUT2D eigenvalue weighted by Gasteiger charge is 2.37. The zero-order valence-corrected chi connectivity index (χ0v) is 16.5. The molecule has 0 spiro atoms. The Balaban J connectivity index is 2.44. The first-order valence-corrected chi connectivity index (χ1v) is 11.0. The van der Waals surface area contributed by atoms with Gasteiger partial charge in [0.15, 0.2) is 8.32 Å². The highest BCUT2D eigenvalue weighted by atomic mass is 79.9. The van der Waals surface area contributed by atoms with Crippen LogP contribution in [0.4, 0.5) is 0 Å². The van der Waals surface area contributed by atoms with Crippen molar-refractivity contribution in [2.75, 3.05) is 13.2 Å². The quantitative estimate of drug-likeness (QED) is 0.632. The Labute approximate surface area is 143 Å². The summed E-state index contributed by atoms with van der Waals surface area (Å²) in [7, 11) is -1.72. The van der Waals surface area contributed by atoms with Crippen LogP contribution in [0.3, 0.4) is 0 Å². The van der Waals surface area contributed by atoms with E-state index in [0.717, 1.165) is 10.2 Å². The number of hydrogen-bond acceptors (Lipinski definition) is 3. The lowest BCUT2D eigenvalue weighted by atomic mass is 10.2. The van der Waals surface area contributed by atoms with E-state index in [1.807, 2.05) is 6.08 Å². The van der Waals surface area contributed by atoms with Crippen LogP contribution in [0.1, 0.15) is 26.3 Å². The van der Waals surface area contributed by atoms with Gasteiger partial charge in [0.1, 0.15) is 12.4 Å². The van der Waals surface area contributed by atoms with E-state index in [9.17, 15) is 0 Å². The molecule has 0 fully saturated rings. The van der Waals surface area contributed by atoms with E-state index in [2.05, 4.69) is 55.9 Å². The molecule has 0 aromatic heterocycles. The average molecular weight is 382 g/mol.